The maximum Gasteiger partial charge on any atom is 0.341 e. The summed E-state index contributed by atoms with van der Waals surface area (Å²) in [7, 11) is 0. The molecule has 2 N–H and O–H groups in total. The van der Waals surface area contributed by atoms with Crippen LogP contribution in [0, 0.1) is 0 Å². The average Bonchev–Trinajstić information content (AvgIpc) is 2.38. The van der Waals surface area contributed by atoms with Crippen molar-refractivity contribution in [3.05, 3.63) is 48.5 Å². The van der Waals surface area contributed by atoms with Crippen LogP contribution >= 0.6 is 0 Å². The van der Waals surface area contributed by atoms with Gasteiger partial charge in [-0.2, -0.15) is 0 Å². The highest BCUT2D eigenvalue weighted by Gasteiger charge is 2.04. The Bertz CT molecular complexity index is 546. The van der Waals surface area contributed by atoms with Crippen LogP contribution in [0.15, 0.2) is 48.5 Å². The monoisotopic (exact) mass is 244 g/mol. The molecule has 0 heterocycles. The Morgan fingerprint density at radius 2 is 1.72 bits per heavy atom. The van der Waals surface area contributed by atoms with E-state index in [4.69, 9.17) is 9.84 Å². The van der Waals surface area contributed by atoms with Crippen LogP contribution in [0.4, 0.5) is 0 Å². The molecule has 0 bridgehead atoms. The van der Waals surface area contributed by atoms with Gasteiger partial charge in [-0.05, 0) is 23.8 Å². The van der Waals surface area contributed by atoms with Crippen molar-refractivity contribution in [1.82, 2.24) is 0 Å². The van der Waals surface area contributed by atoms with Crippen LogP contribution in [0.2, 0.25) is 0 Å². The molecule has 92 valence electrons. The van der Waals surface area contributed by atoms with E-state index in [0.29, 0.717) is 5.75 Å². The first-order valence-corrected chi connectivity index (χ1v) is 5.40. The van der Waals surface area contributed by atoms with Crippen molar-refractivity contribution in [2.75, 3.05) is 6.61 Å². The SMILES string of the molecule is O=C(O)COc1ccc(-c2ccccc2O)cc1. The second kappa shape index (κ2) is 5.23. The normalized spacial score (nSPS) is 10.0. The Hall–Kier alpha value is -2.49. The van der Waals surface area contributed by atoms with Crippen molar-refractivity contribution in [1.29, 1.82) is 0 Å². The Morgan fingerprint density at radius 3 is 2.33 bits per heavy atom. The van der Waals surface area contributed by atoms with Crippen molar-refractivity contribution in [3.63, 3.8) is 0 Å². The lowest BCUT2D eigenvalue weighted by Crippen LogP contribution is -2.09. The van der Waals surface area contributed by atoms with Crippen LogP contribution in [-0.4, -0.2) is 22.8 Å². The lowest BCUT2D eigenvalue weighted by molar-refractivity contribution is -0.139. The van der Waals surface area contributed by atoms with E-state index >= 15 is 0 Å². The van der Waals surface area contributed by atoms with E-state index in [1.807, 2.05) is 12.1 Å². The van der Waals surface area contributed by atoms with Crippen molar-refractivity contribution in [3.8, 4) is 22.6 Å². The molecule has 0 aliphatic rings. The minimum absolute atomic E-state index is 0.205. The fraction of sp³-hybridized carbons (Fsp3) is 0.0714. The fourth-order valence-corrected chi connectivity index (χ4v) is 1.59. The number of phenols is 1. The first kappa shape index (κ1) is 12.0. The van der Waals surface area contributed by atoms with E-state index in [2.05, 4.69) is 0 Å². The summed E-state index contributed by atoms with van der Waals surface area (Å²) in [6.45, 7) is -0.365. The number of hydrogen-bond acceptors (Lipinski definition) is 3. The maximum absolute atomic E-state index is 10.3. The van der Waals surface area contributed by atoms with Gasteiger partial charge in [0.1, 0.15) is 11.5 Å². The molecule has 2 aromatic carbocycles. The zero-order valence-corrected chi connectivity index (χ0v) is 9.54. The molecule has 0 saturated carbocycles. The van der Waals surface area contributed by atoms with Gasteiger partial charge in [0.25, 0.3) is 0 Å². The van der Waals surface area contributed by atoms with Crippen molar-refractivity contribution < 1.29 is 19.7 Å². The minimum Gasteiger partial charge on any atom is -0.507 e. The molecule has 0 spiro atoms. The van der Waals surface area contributed by atoms with Crippen molar-refractivity contribution in [2.45, 2.75) is 0 Å². The fourth-order valence-electron chi connectivity index (χ4n) is 1.59. The van der Waals surface area contributed by atoms with Gasteiger partial charge in [0.05, 0.1) is 0 Å². The van der Waals surface area contributed by atoms with Crippen LogP contribution in [0.3, 0.4) is 0 Å². The second-order valence-corrected chi connectivity index (χ2v) is 3.72. The number of phenolic OH excluding ortho intramolecular Hbond substituents is 1. The summed E-state index contributed by atoms with van der Waals surface area (Å²) < 4.78 is 5.03. The molecular formula is C14H12O4. The standard InChI is InChI=1S/C14H12O4/c15-13-4-2-1-3-12(13)10-5-7-11(8-6-10)18-9-14(16)17/h1-8,15H,9H2,(H,16,17). The zero-order chi connectivity index (χ0) is 13.0. The van der Waals surface area contributed by atoms with Gasteiger partial charge in [-0.25, -0.2) is 4.79 Å². The summed E-state index contributed by atoms with van der Waals surface area (Å²) in [5.41, 5.74) is 1.57. The van der Waals surface area contributed by atoms with E-state index in [0.717, 1.165) is 11.1 Å². The molecule has 0 amide bonds. The van der Waals surface area contributed by atoms with Gasteiger partial charge in [-0.3, -0.25) is 0 Å². The molecule has 18 heavy (non-hydrogen) atoms. The number of aromatic hydroxyl groups is 1. The number of rotatable bonds is 4. The van der Waals surface area contributed by atoms with Crippen LogP contribution in [0.1, 0.15) is 0 Å². The maximum atomic E-state index is 10.3. The summed E-state index contributed by atoms with van der Waals surface area (Å²) >= 11 is 0. The van der Waals surface area contributed by atoms with Gasteiger partial charge in [-0.1, -0.05) is 30.3 Å². The molecule has 0 fully saturated rings. The number of carboxylic acid groups (broad SMARTS) is 1. The number of carboxylic acids is 1. The number of hydrogen-bond donors (Lipinski definition) is 2. The van der Waals surface area contributed by atoms with E-state index in [-0.39, 0.29) is 12.4 Å². The molecule has 0 radical (unpaired) electrons. The number of benzene rings is 2. The second-order valence-electron chi connectivity index (χ2n) is 3.72. The third-order valence-corrected chi connectivity index (χ3v) is 2.43. The quantitative estimate of drug-likeness (QED) is 0.867. The minimum atomic E-state index is -1.01. The Balaban J connectivity index is 2.17. The van der Waals surface area contributed by atoms with Crippen LogP contribution in [0.25, 0.3) is 11.1 Å². The van der Waals surface area contributed by atoms with Gasteiger partial charge >= 0.3 is 5.97 Å². The highest BCUT2D eigenvalue weighted by Crippen LogP contribution is 2.29. The zero-order valence-electron chi connectivity index (χ0n) is 9.54. The molecular weight excluding hydrogens is 232 g/mol. The lowest BCUT2D eigenvalue weighted by atomic mass is 10.0. The molecule has 0 atom stereocenters. The van der Waals surface area contributed by atoms with Gasteiger partial charge in [0, 0.05) is 5.56 Å². The number of para-hydroxylation sites is 1. The van der Waals surface area contributed by atoms with Crippen molar-refractivity contribution >= 4 is 5.97 Å². The molecule has 0 aromatic heterocycles. The summed E-state index contributed by atoms with van der Waals surface area (Å²) in [6, 6.07) is 13.9. The lowest BCUT2D eigenvalue weighted by Gasteiger charge is -2.06. The Kier molecular flexibility index (Phi) is 3.48. The van der Waals surface area contributed by atoms with Crippen molar-refractivity contribution in [2.24, 2.45) is 0 Å². The number of ether oxygens (including phenoxy) is 1. The van der Waals surface area contributed by atoms with Gasteiger partial charge in [0.2, 0.25) is 0 Å². The molecule has 0 unspecified atom stereocenters. The largest absolute Gasteiger partial charge is 0.507 e. The Morgan fingerprint density at radius 1 is 1.06 bits per heavy atom. The van der Waals surface area contributed by atoms with Gasteiger partial charge in [-0.15, -0.1) is 0 Å². The van der Waals surface area contributed by atoms with Crippen LogP contribution < -0.4 is 4.74 Å². The third-order valence-electron chi connectivity index (χ3n) is 2.43. The third kappa shape index (κ3) is 2.79. The van der Waals surface area contributed by atoms with E-state index in [1.54, 1.807) is 36.4 Å². The summed E-state index contributed by atoms with van der Waals surface area (Å²) in [5.74, 6) is -0.326. The van der Waals surface area contributed by atoms with Gasteiger partial charge < -0.3 is 14.9 Å². The molecule has 0 saturated heterocycles. The van der Waals surface area contributed by atoms with Crippen LogP contribution in [-0.2, 0) is 4.79 Å². The van der Waals surface area contributed by atoms with E-state index < -0.39 is 5.97 Å². The molecule has 0 aliphatic heterocycles. The predicted octanol–water partition coefficient (Wildman–Crippen LogP) is 2.52. The topological polar surface area (TPSA) is 66.8 Å². The summed E-state index contributed by atoms with van der Waals surface area (Å²) in [4.78, 5) is 10.3. The molecule has 2 rings (SSSR count). The first-order chi connectivity index (χ1) is 8.66. The number of carbonyl (C=O) groups is 1. The first-order valence-electron chi connectivity index (χ1n) is 5.40. The number of aliphatic carboxylic acids is 1. The van der Waals surface area contributed by atoms with E-state index in [1.165, 1.54) is 0 Å². The molecule has 4 nitrogen and oxygen atoms in total. The molecule has 2 aromatic rings. The average molecular weight is 244 g/mol. The molecule has 0 aliphatic carbocycles. The summed E-state index contributed by atoms with van der Waals surface area (Å²) in [5, 5.41) is 18.2. The van der Waals surface area contributed by atoms with Crippen LogP contribution in [0.5, 0.6) is 11.5 Å². The molecule has 4 heteroatoms. The van der Waals surface area contributed by atoms with Gasteiger partial charge in [0.15, 0.2) is 6.61 Å². The Labute approximate surface area is 104 Å². The highest BCUT2D eigenvalue weighted by molar-refractivity contribution is 5.71. The summed E-state index contributed by atoms with van der Waals surface area (Å²) in [6.07, 6.45) is 0. The highest BCUT2D eigenvalue weighted by atomic mass is 16.5. The smallest absolute Gasteiger partial charge is 0.341 e. The van der Waals surface area contributed by atoms with E-state index in [9.17, 15) is 9.90 Å². The predicted molar refractivity (Wildman–Crippen MR) is 66.7 cm³/mol.